The van der Waals surface area contributed by atoms with E-state index in [1.165, 1.54) is 12.1 Å². The summed E-state index contributed by atoms with van der Waals surface area (Å²) in [5, 5.41) is 1.97. The Labute approximate surface area is 204 Å². The fraction of sp³-hybridized carbons (Fsp3) is 0.154. The molecule has 0 radical (unpaired) electrons. The van der Waals surface area contributed by atoms with Crippen LogP contribution in [0.15, 0.2) is 101 Å². The minimum absolute atomic E-state index is 0.127. The van der Waals surface area contributed by atoms with Crippen molar-refractivity contribution in [3.8, 4) is 0 Å². The highest BCUT2D eigenvalue weighted by molar-refractivity contribution is 7.89. The van der Waals surface area contributed by atoms with Crippen LogP contribution in [-0.4, -0.2) is 37.8 Å². The molecule has 0 fully saturated rings. The molecule has 6 nitrogen and oxygen atoms in total. The zero-order chi connectivity index (χ0) is 24.0. The van der Waals surface area contributed by atoms with E-state index < -0.39 is 10.0 Å². The number of hydrogen-bond donors (Lipinski definition) is 1. The Morgan fingerprint density at radius 3 is 2.35 bits per heavy atom. The Kier molecular flexibility index (Phi) is 7.52. The van der Waals surface area contributed by atoms with Gasteiger partial charge in [0.1, 0.15) is 0 Å². The highest BCUT2D eigenvalue weighted by Gasteiger charge is 2.25. The number of amides is 1. The second-order valence-corrected chi connectivity index (χ2v) is 10.5. The van der Waals surface area contributed by atoms with E-state index in [0.29, 0.717) is 18.5 Å². The second-order valence-electron chi connectivity index (χ2n) is 7.74. The minimum Gasteiger partial charge on any atom is -0.329 e. The number of sulfonamides is 1. The van der Waals surface area contributed by atoms with Gasteiger partial charge < -0.3 is 4.90 Å². The van der Waals surface area contributed by atoms with Crippen LogP contribution in [0, 0.1) is 0 Å². The van der Waals surface area contributed by atoms with Crippen molar-refractivity contribution in [2.45, 2.75) is 17.4 Å². The number of pyridine rings is 1. The number of hydrogen-bond acceptors (Lipinski definition) is 5. The summed E-state index contributed by atoms with van der Waals surface area (Å²) in [4.78, 5) is 20.7. The molecule has 4 rings (SSSR count). The highest BCUT2D eigenvalue weighted by atomic mass is 32.2. The molecule has 2 heterocycles. The van der Waals surface area contributed by atoms with Crippen LogP contribution in [-0.2, 0) is 16.4 Å². The molecule has 1 amide bonds. The molecule has 1 N–H and O–H groups in total. The molecule has 0 saturated heterocycles. The number of thiophene rings is 1. The number of carbonyl (C=O) groups is 1. The van der Waals surface area contributed by atoms with Crippen molar-refractivity contribution in [1.29, 1.82) is 0 Å². The molecule has 1 unspecified atom stereocenters. The minimum atomic E-state index is -3.66. The molecule has 4 aromatic rings. The molecule has 34 heavy (non-hydrogen) atoms. The first-order chi connectivity index (χ1) is 16.5. The quantitative estimate of drug-likeness (QED) is 0.373. The molecule has 2 aromatic carbocycles. The molecule has 1 atom stereocenters. The maximum Gasteiger partial charge on any atom is 0.254 e. The van der Waals surface area contributed by atoms with Crippen LogP contribution in [0.2, 0.25) is 0 Å². The SMILES string of the molecule is CN(C(=O)c1ccc(S(=O)(=O)NCCc2cccs2)cc1)C(c1ccccc1)c1ccccn1. The van der Waals surface area contributed by atoms with E-state index in [1.807, 2.05) is 66.0 Å². The van der Waals surface area contributed by atoms with E-state index in [1.54, 1.807) is 41.6 Å². The fourth-order valence-electron chi connectivity index (χ4n) is 3.71. The van der Waals surface area contributed by atoms with Crippen molar-refractivity contribution in [2.75, 3.05) is 13.6 Å². The van der Waals surface area contributed by atoms with Crippen LogP contribution < -0.4 is 4.72 Å². The molecule has 2 aromatic heterocycles. The Morgan fingerprint density at radius 2 is 1.71 bits per heavy atom. The van der Waals surface area contributed by atoms with Crippen molar-refractivity contribution in [3.05, 3.63) is 118 Å². The van der Waals surface area contributed by atoms with Gasteiger partial charge >= 0.3 is 0 Å². The van der Waals surface area contributed by atoms with Gasteiger partial charge in [0, 0.05) is 30.2 Å². The summed E-state index contributed by atoms with van der Waals surface area (Å²) >= 11 is 1.59. The predicted molar refractivity (Wildman–Crippen MR) is 134 cm³/mol. The lowest BCUT2D eigenvalue weighted by Gasteiger charge is -2.28. The monoisotopic (exact) mass is 491 g/mol. The predicted octanol–water partition coefficient (Wildman–Crippen LogP) is 4.53. The first-order valence-electron chi connectivity index (χ1n) is 10.8. The molecule has 0 saturated carbocycles. The van der Waals surface area contributed by atoms with Gasteiger partial charge in [-0.25, -0.2) is 13.1 Å². The Morgan fingerprint density at radius 1 is 0.971 bits per heavy atom. The maximum absolute atomic E-state index is 13.3. The smallest absolute Gasteiger partial charge is 0.254 e. The molecule has 0 aliphatic heterocycles. The Bertz CT molecular complexity index is 1270. The van der Waals surface area contributed by atoms with Gasteiger partial charge in [-0.15, -0.1) is 11.3 Å². The lowest BCUT2D eigenvalue weighted by Crippen LogP contribution is -2.32. The number of aromatic nitrogens is 1. The van der Waals surface area contributed by atoms with Crippen LogP contribution in [0.4, 0.5) is 0 Å². The second kappa shape index (κ2) is 10.7. The summed E-state index contributed by atoms with van der Waals surface area (Å²) in [5.41, 5.74) is 2.08. The van der Waals surface area contributed by atoms with Gasteiger partial charge in [-0.2, -0.15) is 0 Å². The number of benzene rings is 2. The first-order valence-corrected chi connectivity index (χ1v) is 13.2. The van der Waals surface area contributed by atoms with Crippen LogP contribution >= 0.6 is 11.3 Å². The van der Waals surface area contributed by atoms with Crippen LogP contribution in [0.3, 0.4) is 0 Å². The lowest BCUT2D eigenvalue weighted by molar-refractivity contribution is 0.0752. The Hall–Kier alpha value is -3.33. The number of carbonyl (C=O) groups excluding carboxylic acids is 1. The van der Waals surface area contributed by atoms with Gasteiger partial charge in [0.05, 0.1) is 16.6 Å². The van der Waals surface area contributed by atoms with Gasteiger partial charge in [-0.1, -0.05) is 42.5 Å². The Balaban J connectivity index is 1.50. The third kappa shape index (κ3) is 5.59. The fourth-order valence-corrected chi connectivity index (χ4v) is 5.45. The first kappa shape index (κ1) is 23.8. The van der Waals surface area contributed by atoms with Crippen LogP contribution in [0.25, 0.3) is 0 Å². The van der Waals surface area contributed by atoms with Crippen molar-refractivity contribution < 1.29 is 13.2 Å². The number of nitrogens with one attached hydrogen (secondary N) is 1. The van der Waals surface area contributed by atoms with Gasteiger partial charge in [0.2, 0.25) is 10.0 Å². The van der Waals surface area contributed by atoms with Gasteiger partial charge in [-0.3, -0.25) is 9.78 Å². The molecule has 0 spiro atoms. The van der Waals surface area contributed by atoms with E-state index >= 15 is 0 Å². The zero-order valence-electron chi connectivity index (χ0n) is 18.7. The van der Waals surface area contributed by atoms with Crippen molar-refractivity contribution in [1.82, 2.24) is 14.6 Å². The summed E-state index contributed by atoms with van der Waals surface area (Å²) in [6.45, 7) is 0.315. The molecule has 8 heteroatoms. The van der Waals surface area contributed by atoms with E-state index in [9.17, 15) is 13.2 Å². The molecule has 0 bridgehead atoms. The number of nitrogens with zero attached hydrogens (tertiary/aromatic N) is 2. The van der Waals surface area contributed by atoms with Gasteiger partial charge in [0.15, 0.2) is 0 Å². The van der Waals surface area contributed by atoms with Gasteiger partial charge in [-0.05, 0) is 59.8 Å². The molecule has 0 aliphatic rings. The number of rotatable bonds is 9. The van der Waals surface area contributed by atoms with E-state index in [0.717, 1.165) is 16.1 Å². The summed E-state index contributed by atoms with van der Waals surface area (Å²) in [6, 6.07) is 24.9. The van der Waals surface area contributed by atoms with Crippen LogP contribution in [0.1, 0.15) is 32.5 Å². The third-order valence-corrected chi connectivity index (χ3v) is 7.86. The topological polar surface area (TPSA) is 79.4 Å². The standard InChI is InChI=1S/C26H25N3O3S2/c1-29(25(20-8-3-2-4-9-20)24-11-5-6-17-27-24)26(30)21-12-14-23(15-13-21)34(31,32)28-18-16-22-10-7-19-33-22/h2-15,17,19,25,28H,16,18H2,1H3. The molecular weight excluding hydrogens is 466 g/mol. The van der Waals surface area contributed by atoms with Crippen molar-refractivity contribution in [2.24, 2.45) is 0 Å². The average molecular weight is 492 g/mol. The summed E-state index contributed by atoms with van der Waals surface area (Å²) in [7, 11) is -1.93. The summed E-state index contributed by atoms with van der Waals surface area (Å²) in [5.74, 6) is -0.228. The zero-order valence-corrected chi connectivity index (χ0v) is 20.3. The average Bonchev–Trinajstić information content (AvgIpc) is 3.38. The van der Waals surface area contributed by atoms with E-state index in [2.05, 4.69) is 9.71 Å². The molecule has 0 aliphatic carbocycles. The largest absolute Gasteiger partial charge is 0.329 e. The van der Waals surface area contributed by atoms with Crippen molar-refractivity contribution in [3.63, 3.8) is 0 Å². The maximum atomic E-state index is 13.3. The highest BCUT2D eigenvalue weighted by Crippen LogP contribution is 2.27. The normalized spacial score (nSPS) is 12.3. The van der Waals surface area contributed by atoms with Crippen molar-refractivity contribution >= 4 is 27.3 Å². The van der Waals surface area contributed by atoms with E-state index in [-0.39, 0.29) is 16.8 Å². The summed E-state index contributed by atoms with van der Waals surface area (Å²) < 4.78 is 27.9. The van der Waals surface area contributed by atoms with E-state index in [4.69, 9.17) is 0 Å². The third-order valence-electron chi connectivity index (χ3n) is 5.45. The molecule has 174 valence electrons. The lowest BCUT2D eigenvalue weighted by atomic mass is 10.0. The summed E-state index contributed by atoms with van der Waals surface area (Å²) in [6.07, 6.45) is 2.33. The van der Waals surface area contributed by atoms with Gasteiger partial charge in [0.25, 0.3) is 5.91 Å². The van der Waals surface area contributed by atoms with Crippen LogP contribution in [0.5, 0.6) is 0 Å². The molecular formula is C26H25N3O3S2.